The monoisotopic (exact) mass is 468 g/mol. The molecule has 13 heteroatoms. The van der Waals surface area contributed by atoms with Crippen LogP contribution in [0.3, 0.4) is 0 Å². The second-order valence-corrected chi connectivity index (χ2v) is 9.00. The quantitative estimate of drug-likeness (QED) is 0.179. The average molecular weight is 469 g/mol. The molecule has 3 rings (SSSR count). The van der Waals surface area contributed by atoms with Gasteiger partial charge in [-0.2, -0.15) is 0 Å². The Balaban J connectivity index is 1.66. The summed E-state index contributed by atoms with van der Waals surface area (Å²) in [4.78, 5) is 0. The van der Waals surface area contributed by atoms with E-state index in [1.165, 1.54) is 6.92 Å². The lowest BCUT2D eigenvalue weighted by Crippen LogP contribution is -2.67. The molecule has 13 atom stereocenters. The van der Waals surface area contributed by atoms with E-state index in [2.05, 4.69) is 5.32 Å². The van der Waals surface area contributed by atoms with Crippen LogP contribution in [0.15, 0.2) is 0 Å². The zero-order valence-corrected chi connectivity index (χ0v) is 18.1. The minimum absolute atomic E-state index is 0.122. The molecule has 32 heavy (non-hydrogen) atoms. The maximum Gasteiger partial charge on any atom is 0.187 e. The van der Waals surface area contributed by atoms with Gasteiger partial charge in [-0.25, -0.2) is 0 Å². The molecule has 0 amide bonds. The van der Waals surface area contributed by atoms with Crippen LogP contribution in [0.5, 0.6) is 0 Å². The van der Waals surface area contributed by atoms with Crippen molar-refractivity contribution in [2.45, 2.75) is 98.9 Å². The number of ether oxygens (including phenoxy) is 4. The predicted octanol–water partition coefficient (Wildman–Crippen LogP) is -4.91. The molecule has 2 saturated heterocycles. The summed E-state index contributed by atoms with van der Waals surface area (Å²) in [6.07, 6.45) is -12.4. The number of likely N-dealkylation sites (N-methyl/N-ethyl adjacent to an activating group) is 1. The van der Waals surface area contributed by atoms with E-state index in [-0.39, 0.29) is 13.0 Å². The lowest BCUT2D eigenvalue weighted by Gasteiger charge is -2.47. The van der Waals surface area contributed by atoms with E-state index >= 15 is 0 Å². The Morgan fingerprint density at radius 2 is 1.66 bits per heavy atom. The van der Waals surface area contributed by atoms with Crippen LogP contribution in [0.25, 0.3) is 0 Å². The standard InChI is InChI=1S/C19H36N2O11/c1-19(28)6-29-17(14(27)16(19)21-2)32-15-7(20)3-4-8(11(15)24)30-18-13(26)12(25)10(23)9(5-22)31-18/h7-18,21-28H,3-6,20H2,1-2H3/t7-,8-,9-,10-,11+,12+,13-,14-,15+,16-,17-,18+,19+/m1/s1. The normalized spacial score (nSPS) is 52.7. The maximum absolute atomic E-state index is 10.9. The summed E-state index contributed by atoms with van der Waals surface area (Å²) in [6, 6.07) is -1.37. The summed E-state index contributed by atoms with van der Waals surface area (Å²) in [5.41, 5.74) is 4.79. The molecule has 0 aromatic heterocycles. The molecule has 0 bridgehead atoms. The molecular formula is C19H36N2O11. The Hall–Kier alpha value is -0.520. The maximum atomic E-state index is 10.9. The van der Waals surface area contributed by atoms with Crippen LogP contribution in [-0.4, -0.2) is 135 Å². The highest BCUT2D eigenvalue weighted by molar-refractivity contribution is 4.99. The number of hydrogen-bond acceptors (Lipinski definition) is 13. The third kappa shape index (κ3) is 5.10. The third-order valence-electron chi connectivity index (χ3n) is 6.51. The van der Waals surface area contributed by atoms with Gasteiger partial charge in [0.25, 0.3) is 0 Å². The highest BCUT2D eigenvalue weighted by Crippen LogP contribution is 2.32. The van der Waals surface area contributed by atoms with E-state index in [0.717, 1.165) is 0 Å². The second kappa shape index (κ2) is 10.4. The van der Waals surface area contributed by atoms with Gasteiger partial charge in [0.2, 0.25) is 0 Å². The van der Waals surface area contributed by atoms with Crippen LogP contribution >= 0.6 is 0 Å². The molecule has 0 aromatic carbocycles. The van der Waals surface area contributed by atoms with E-state index in [1.54, 1.807) is 7.05 Å². The van der Waals surface area contributed by atoms with Gasteiger partial charge in [0.1, 0.15) is 48.3 Å². The average Bonchev–Trinajstić information content (AvgIpc) is 2.74. The largest absolute Gasteiger partial charge is 0.394 e. The zero-order valence-electron chi connectivity index (χ0n) is 18.1. The van der Waals surface area contributed by atoms with Crippen molar-refractivity contribution < 1.29 is 54.7 Å². The number of aliphatic hydroxyl groups excluding tert-OH is 6. The van der Waals surface area contributed by atoms with Crippen LogP contribution in [0.1, 0.15) is 19.8 Å². The van der Waals surface area contributed by atoms with Gasteiger partial charge in [0, 0.05) is 6.04 Å². The molecule has 3 aliphatic rings. The molecule has 3 fully saturated rings. The first-order valence-corrected chi connectivity index (χ1v) is 10.8. The first-order chi connectivity index (χ1) is 15.0. The minimum Gasteiger partial charge on any atom is -0.394 e. The van der Waals surface area contributed by atoms with Crippen LogP contribution in [0.4, 0.5) is 0 Å². The van der Waals surface area contributed by atoms with E-state index in [4.69, 9.17) is 24.7 Å². The summed E-state index contributed by atoms with van der Waals surface area (Å²) < 4.78 is 22.3. The van der Waals surface area contributed by atoms with Crippen molar-refractivity contribution in [2.24, 2.45) is 5.73 Å². The number of hydrogen-bond donors (Lipinski definition) is 9. The van der Waals surface area contributed by atoms with E-state index in [1.807, 2.05) is 0 Å². The molecule has 2 aliphatic heterocycles. The lowest BCUT2D eigenvalue weighted by molar-refractivity contribution is -0.331. The van der Waals surface area contributed by atoms with Crippen LogP contribution in [-0.2, 0) is 18.9 Å². The summed E-state index contributed by atoms with van der Waals surface area (Å²) in [5.74, 6) is 0. The summed E-state index contributed by atoms with van der Waals surface area (Å²) in [7, 11) is 1.58. The molecule has 1 saturated carbocycles. The Labute approximate surface area is 185 Å². The zero-order chi connectivity index (χ0) is 23.8. The van der Waals surface area contributed by atoms with Crippen molar-refractivity contribution in [3.8, 4) is 0 Å². The Morgan fingerprint density at radius 3 is 2.28 bits per heavy atom. The first-order valence-electron chi connectivity index (χ1n) is 10.8. The Bertz CT molecular complexity index is 612. The van der Waals surface area contributed by atoms with Gasteiger partial charge >= 0.3 is 0 Å². The van der Waals surface area contributed by atoms with Crippen molar-refractivity contribution in [2.75, 3.05) is 20.3 Å². The molecule has 0 radical (unpaired) electrons. The molecule has 0 spiro atoms. The van der Waals surface area contributed by atoms with Gasteiger partial charge in [0.05, 0.1) is 25.4 Å². The highest BCUT2D eigenvalue weighted by Gasteiger charge is 2.50. The van der Waals surface area contributed by atoms with Gasteiger partial charge in [-0.05, 0) is 26.8 Å². The molecule has 188 valence electrons. The van der Waals surface area contributed by atoms with Crippen molar-refractivity contribution in [1.29, 1.82) is 0 Å². The fraction of sp³-hybridized carbons (Fsp3) is 1.00. The molecule has 2 heterocycles. The predicted molar refractivity (Wildman–Crippen MR) is 106 cm³/mol. The smallest absolute Gasteiger partial charge is 0.187 e. The Kier molecular flexibility index (Phi) is 8.48. The lowest BCUT2D eigenvalue weighted by atomic mass is 9.87. The summed E-state index contributed by atoms with van der Waals surface area (Å²) >= 11 is 0. The topological polar surface area (TPSA) is 217 Å². The van der Waals surface area contributed by atoms with E-state index < -0.39 is 85.7 Å². The van der Waals surface area contributed by atoms with Gasteiger partial charge in [0.15, 0.2) is 12.6 Å². The fourth-order valence-corrected chi connectivity index (χ4v) is 4.56. The van der Waals surface area contributed by atoms with Crippen molar-refractivity contribution in [1.82, 2.24) is 5.32 Å². The van der Waals surface area contributed by atoms with Gasteiger partial charge in [-0.15, -0.1) is 0 Å². The van der Waals surface area contributed by atoms with Gasteiger partial charge in [-0.3, -0.25) is 0 Å². The second-order valence-electron chi connectivity index (χ2n) is 9.00. The molecule has 0 unspecified atom stereocenters. The van der Waals surface area contributed by atoms with E-state index in [9.17, 15) is 35.7 Å². The summed E-state index contributed by atoms with van der Waals surface area (Å²) in [6.45, 7) is 0.782. The number of nitrogens with two attached hydrogens (primary N) is 1. The van der Waals surface area contributed by atoms with Crippen LogP contribution < -0.4 is 11.1 Å². The molecule has 13 nitrogen and oxygen atoms in total. The van der Waals surface area contributed by atoms with Crippen LogP contribution in [0, 0.1) is 0 Å². The number of rotatable bonds is 6. The molecular weight excluding hydrogens is 432 g/mol. The number of nitrogens with one attached hydrogen (secondary N) is 1. The van der Waals surface area contributed by atoms with Crippen molar-refractivity contribution in [3.63, 3.8) is 0 Å². The van der Waals surface area contributed by atoms with Gasteiger partial charge < -0.3 is 65.7 Å². The van der Waals surface area contributed by atoms with E-state index in [0.29, 0.717) is 6.42 Å². The highest BCUT2D eigenvalue weighted by atomic mass is 16.7. The SMILES string of the molecule is CN[C@@H]1[C@@H](O)[C@@H](O[C@@H]2[C@@H](O)[C@H](O[C@H]3O[C@H](CO)[C@@H](O)[C@H](O)[C@H]3O)CC[C@H]2N)OC[C@]1(C)O. The Morgan fingerprint density at radius 1 is 0.969 bits per heavy atom. The van der Waals surface area contributed by atoms with Crippen LogP contribution in [0.2, 0.25) is 0 Å². The number of aliphatic hydroxyl groups is 7. The van der Waals surface area contributed by atoms with Crippen molar-refractivity contribution in [3.05, 3.63) is 0 Å². The molecule has 1 aliphatic carbocycles. The fourth-order valence-electron chi connectivity index (χ4n) is 4.56. The van der Waals surface area contributed by atoms with Crippen molar-refractivity contribution >= 4 is 0 Å². The molecule has 0 aromatic rings. The minimum atomic E-state index is -1.61. The summed E-state index contributed by atoms with van der Waals surface area (Å²) in [5, 5.41) is 74.0. The first kappa shape index (κ1) is 26.1. The molecule has 10 N–H and O–H groups in total. The van der Waals surface area contributed by atoms with Gasteiger partial charge in [-0.1, -0.05) is 0 Å². The third-order valence-corrected chi connectivity index (χ3v) is 6.51.